The highest BCUT2D eigenvalue weighted by Gasteiger charge is 2.43. The molecule has 4 heteroatoms. The number of amides is 1. The van der Waals surface area contributed by atoms with Crippen LogP contribution in [-0.2, 0) is 4.79 Å². The number of nitrogens with one attached hydrogen (secondary N) is 1. The smallest absolute Gasteiger partial charge is 0.241 e. The van der Waals surface area contributed by atoms with Gasteiger partial charge in [-0.2, -0.15) is 0 Å². The number of hydrogen-bond donors (Lipinski definition) is 1. The first-order chi connectivity index (χ1) is 9.60. The first-order valence-electron chi connectivity index (χ1n) is 7.71. The summed E-state index contributed by atoms with van der Waals surface area (Å²) < 4.78 is 0. The van der Waals surface area contributed by atoms with Gasteiger partial charge >= 0.3 is 0 Å². The van der Waals surface area contributed by atoms with Gasteiger partial charge in [-0.05, 0) is 30.2 Å². The molecule has 3 nitrogen and oxygen atoms in total. The summed E-state index contributed by atoms with van der Waals surface area (Å²) in [4.78, 5) is 16.2. The summed E-state index contributed by atoms with van der Waals surface area (Å²) in [5, 5.41) is 5.64. The maximum absolute atomic E-state index is 12.8. The standard InChI is InChI=1S/C16H26N2OS/c1-5-8-12(6-2)18-15(13-9-7-10-20-13)17-14(11(3)4)16(18)19/h7,9-12,14-15,17H,5-6,8H2,1-4H3. The molecular formula is C16H26N2OS. The summed E-state index contributed by atoms with van der Waals surface area (Å²) in [6.45, 7) is 8.61. The Hall–Kier alpha value is -0.870. The van der Waals surface area contributed by atoms with E-state index in [1.165, 1.54) is 4.88 Å². The fourth-order valence-electron chi connectivity index (χ4n) is 3.02. The van der Waals surface area contributed by atoms with E-state index in [-0.39, 0.29) is 18.1 Å². The van der Waals surface area contributed by atoms with Crippen LogP contribution in [0.25, 0.3) is 0 Å². The highest BCUT2D eigenvalue weighted by molar-refractivity contribution is 7.10. The third kappa shape index (κ3) is 2.91. The largest absolute Gasteiger partial charge is 0.318 e. The quantitative estimate of drug-likeness (QED) is 0.866. The Bertz CT molecular complexity index is 430. The Morgan fingerprint density at radius 1 is 1.40 bits per heavy atom. The second-order valence-corrected chi connectivity index (χ2v) is 6.88. The van der Waals surface area contributed by atoms with Crippen molar-refractivity contribution in [3.05, 3.63) is 22.4 Å². The SMILES string of the molecule is CCCC(CC)N1C(=O)C(C(C)C)NC1c1cccs1. The van der Waals surface area contributed by atoms with Crippen LogP contribution in [0.1, 0.15) is 58.0 Å². The Morgan fingerprint density at radius 3 is 2.65 bits per heavy atom. The van der Waals surface area contributed by atoms with E-state index in [1.807, 2.05) is 0 Å². The van der Waals surface area contributed by atoms with Crippen molar-refractivity contribution in [2.24, 2.45) is 5.92 Å². The number of carbonyl (C=O) groups excluding carboxylic acids is 1. The van der Waals surface area contributed by atoms with E-state index in [4.69, 9.17) is 0 Å². The van der Waals surface area contributed by atoms with Gasteiger partial charge in [-0.25, -0.2) is 0 Å². The van der Waals surface area contributed by atoms with Crippen LogP contribution >= 0.6 is 11.3 Å². The van der Waals surface area contributed by atoms with Gasteiger partial charge in [-0.15, -0.1) is 11.3 Å². The van der Waals surface area contributed by atoms with Gasteiger partial charge in [0, 0.05) is 10.9 Å². The molecule has 3 atom stereocenters. The molecule has 1 fully saturated rings. The van der Waals surface area contributed by atoms with Gasteiger partial charge < -0.3 is 4.90 Å². The average molecular weight is 294 g/mol. The Balaban J connectivity index is 2.29. The predicted molar refractivity (Wildman–Crippen MR) is 84.7 cm³/mol. The molecule has 2 heterocycles. The molecule has 0 spiro atoms. The molecule has 0 radical (unpaired) electrons. The second kappa shape index (κ2) is 6.72. The topological polar surface area (TPSA) is 32.3 Å². The lowest BCUT2D eigenvalue weighted by Gasteiger charge is -2.31. The maximum Gasteiger partial charge on any atom is 0.241 e. The van der Waals surface area contributed by atoms with Gasteiger partial charge in [0.05, 0.1) is 6.04 Å². The predicted octanol–water partition coefficient (Wildman–Crippen LogP) is 3.78. The van der Waals surface area contributed by atoms with Crippen LogP contribution in [0.5, 0.6) is 0 Å². The van der Waals surface area contributed by atoms with Crippen LogP contribution in [0.15, 0.2) is 17.5 Å². The number of rotatable bonds is 6. The molecule has 20 heavy (non-hydrogen) atoms. The summed E-state index contributed by atoms with van der Waals surface area (Å²) in [6, 6.07) is 4.49. The molecule has 1 amide bonds. The molecule has 0 aliphatic carbocycles. The summed E-state index contributed by atoms with van der Waals surface area (Å²) in [5.41, 5.74) is 0. The van der Waals surface area contributed by atoms with Gasteiger partial charge in [0.25, 0.3) is 0 Å². The molecule has 1 N–H and O–H groups in total. The van der Waals surface area contributed by atoms with Crippen molar-refractivity contribution in [3.8, 4) is 0 Å². The minimum absolute atomic E-state index is 0.0481. The van der Waals surface area contributed by atoms with Crippen LogP contribution in [0.4, 0.5) is 0 Å². The molecule has 0 aromatic carbocycles. The first-order valence-corrected chi connectivity index (χ1v) is 8.59. The van der Waals surface area contributed by atoms with E-state index in [0.717, 1.165) is 19.3 Å². The fraction of sp³-hybridized carbons (Fsp3) is 0.688. The lowest BCUT2D eigenvalue weighted by molar-refractivity contribution is -0.133. The van der Waals surface area contributed by atoms with Crippen molar-refractivity contribution >= 4 is 17.2 Å². The molecule has 2 rings (SSSR count). The van der Waals surface area contributed by atoms with Crippen molar-refractivity contribution in [2.75, 3.05) is 0 Å². The molecule has 112 valence electrons. The number of hydrogen-bond acceptors (Lipinski definition) is 3. The van der Waals surface area contributed by atoms with Crippen molar-refractivity contribution < 1.29 is 4.79 Å². The van der Waals surface area contributed by atoms with E-state index < -0.39 is 0 Å². The summed E-state index contributed by atoms with van der Waals surface area (Å²) >= 11 is 1.73. The highest BCUT2D eigenvalue weighted by Crippen LogP contribution is 2.34. The lowest BCUT2D eigenvalue weighted by Crippen LogP contribution is -2.40. The van der Waals surface area contributed by atoms with Gasteiger partial charge in [-0.3, -0.25) is 10.1 Å². The van der Waals surface area contributed by atoms with Crippen LogP contribution < -0.4 is 5.32 Å². The highest BCUT2D eigenvalue weighted by atomic mass is 32.1. The normalized spacial score (nSPS) is 24.6. The van der Waals surface area contributed by atoms with E-state index in [9.17, 15) is 4.79 Å². The molecule has 1 saturated heterocycles. The van der Waals surface area contributed by atoms with Gasteiger partial charge in [-0.1, -0.05) is 40.2 Å². The van der Waals surface area contributed by atoms with Crippen molar-refractivity contribution in [1.29, 1.82) is 0 Å². The van der Waals surface area contributed by atoms with Crippen molar-refractivity contribution in [1.82, 2.24) is 10.2 Å². The third-order valence-electron chi connectivity index (χ3n) is 4.10. The summed E-state index contributed by atoms with van der Waals surface area (Å²) in [6.07, 6.45) is 3.28. The Kier molecular flexibility index (Phi) is 5.22. The lowest BCUT2D eigenvalue weighted by atomic mass is 10.0. The monoisotopic (exact) mass is 294 g/mol. The van der Waals surface area contributed by atoms with Gasteiger partial charge in [0.15, 0.2) is 0 Å². The number of nitrogens with zero attached hydrogens (tertiary/aromatic N) is 1. The van der Waals surface area contributed by atoms with Gasteiger partial charge in [0.2, 0.25) is 5.91 Å². The Labute approximate surface area is 126 Å². The van der Waals surface area contributed by atoms with Crippen LogP contribution in [0.2, 0.25) is 0 Å². The third-order valence-corrected chi connectivity index (χ3v) is 5.03. The molecule has 1 aliphatic heterocycles. The molecule has 0 saturated carbocycles. The Morgan fingerprint density at radius 2 is 2.15 bits per heavy atom. The summed E-state index contributed by atoms with van der Waals surface area (Å²) in [7, 11) is 0. The molecule has 1 aromatic rings. The van der Waals surface area contributed by atoms with Crippen LogP contribution in [0.3, 0.4) is 0 Å². The van der Waals surface area contributed by atoms with E-state index in [1.54, 1.807) is 11.3 Å². The summed E-state index contributed by atoms with van der Waals surface area (Å²) in [5.74, 6) is 0.604. The van der Waals surface area contributed by atoms with Crippen LogP contribution in [-0.4, -0.2) is 22.9 Å². The molecule has 0 bridgehead atoms. The van der Waals surface area contributed by atoms with E-state index in [2.05, 4.69) is 55.4 Å². The number of thiophene rings is 1. The molecule has 3 unspecified atom stereocenters. The minimum Gasteiger partial charge on any atom is -0.318 e. The van der Waals surface area contributed by atoms with Crippen LogP contribution in [0, 0.1) is 5.92 Å². The second-order valence-electron chi connectivity index (χ2n) is 5.90. The molecule has 1 aliphatic rings. The minimum atomic E-state index is -0.0481. The zero-order chi connectivity index (χ0) is 14.7. The van der Waals surface area contributed by atoms with E-state index in [0.29, 0.717) is 12.0 Å². The number of carbonyl (C=O) groups is 1. The molecule has 1 aromatic heterocycles. The maximum atomic E-state index is 12.8. The zero-order valence-electron chi connectivity index (χ0n) is 12.9. The zero-order valence-corrected chi connectivity index (χ0v) is 13.7. The first kappa shape index (κ1) is 15.5. The average Bonchev–Trinajstić information content (AvgIpc) is 3.03. The van der Waals surface area contributed by atoms with Crippen molar-refractivity contribution in [2.45, 2.75) is 65.2 Å². The van der Waals surface area contributed by atoms with Crippen molar-refractivity contribution in [3.63, 3.8) is 0 Å². The van der Waals surface area contributed by atoms with Gasteiger partial charge in [0.1, 0.15) is 6.17 Å². The van der Waals surface area contributed by atoms with E-state index >= 15 is 0 Å². The molecular weight excluding hydrogens is 268 g/mol. The fourth-order valence-corrected chi connectivity index (χ4v) is 3.80.